The third kappa shape index (κ3) is 6.99. The van der Waals surface area contributed by atoms with E-state index in [1.807, 2.05) is 0 Å². The first-order valence-electron chi connectivity index (χ1n) is 8.82. The van der Waals surface area contributed by atoms with Crippen molar-refractivity contribution in [1.82, 2.24) is 5.43 Å². The summed E-state index contributed by atoms with van der Waals surface area (Å²) in [4.78, 5) is 23.5. The van der Waals surface area contributed by atoms with Crippen molar-refractivity contribution in [2.75, 3.05) is 20.3 Å². The first kappa shape index (κ1) is 24.2. The number of carbonyl (C=O) groups is 2. The van der Waals surface area contributed by atoms with Crippen LogP contribution in [0.25, 0.3) is 0 Å². The molecule has 0 spiro atoms. The van der Waals surface area contributed by atoms with Gasteiger partial charge in [0.15, 0.2) is 18.1 Å². The third-order valence-electron chi connectivity index (χ3n) is 3.76. The van der Waals surface area contributed by atoms with E-state index in [1.54, 1.807) is 6.92 Å². The first-order chi connectivity index (χ1) is 14.7. The lowest BCUT2D eigenvalue weighted by molar-refractivity contribution is -0.145. The minimum Gasteiger partial charge on any atom is -0.493 e. The van der Waals surface area contributed by atoms with Crippen LogP contribution in [0.4, 0.5) is 13.2 Å². The number of hydrogen-bond acceptors (Lipinski definition) is 6. The molecule has 0 aliphatic carbocycles. The minimum absolute atomic E-state index is 0.189. The predicted octanol–water partition coefficient (Wildman–Crippen LogP) is 4.18. The van der Waals surface area contributed by atoms with Crippen LogP contribution in [0.15, 0.2) is 46.0 Å². The number of methoxy groups -OCH3 is 1. The van der Waals surface area contributed by atoms with Gasteiger partial charge in [-0.1, -0.05) is 6.07 Å². The second-order valence-electron chi connectivity index (χ2n) is 5.90. The number of halogens is 4. The molecular weight excluding hydrogens is 485 g/mol. The van der Waals surface area contributed by atoms with Crippen LogP contribution in [-0.2, 0) is 15.7 Å². The highest BCUT2D eigenvalue weighted by Gasteiger charge is 2.30. The molecule has 1 amide bonds. The second-order valence-corrected chi connectivity index (χ2v) is 6.75. The fourth-order valence-electron chi connectivity index (χ4n) is 2.32. The van der Waals surface area contributed by atoms with Gasteiger partial charge in [-0.3, -0.25) is 4.79 Å². The monoisotopic (exact) mass is 502 g/mol. The lowest BCUT2D eigenvalue weighted by Crippen LogP contribution is -2.18. The van der Waals surface area contributed by atoms with E-state index in [4.69, 9.17) is 14.2 Å². The van der Waals surface area contributed by atoms with E-state index < -0.39 is 23.6 Å². The maximum Gasteiger partial charge on any atom is 0.416 e. The van der Waals surface area contributed by atoms with Gasteiger partial charge in [0, 0.05) is 15.6 Å². The highest BCUT2D eigenvalue weighted by molar-refractivity contribution is 9.10. The molecule has 0 aromatic heterocycles. The average molecular weight is 503 g/mol. The van der Waals surface area contributed by atoms with Crippen LogP contribution in [-0.4, -0.2) is 38.4 Å². The molecule has 1 N–H and O–H groups in total. The van der Waals surface area contributed by atoms with E-state index in [1.165, 1.54) is 31.5 Å². The quantitative estimate of drug-likeness (QED) is 0.332. The Balaban J connectivity index is 2.10. The fraction of sp³-hybridized carbons (Fsp3) is 0.250. The minimum atomic E-state index is -4.56. The number of carbonyl (C=O) groups excluding carboxylic acids is 2. The van der Waals surface area contributed by atoms with Crippen molar-refractivity contribution >= 4 is 34.0 Å². The maximum absolute atomic E-state index is 12.8. The Hall–Kier alpha value is -3.08. The molecule has 11 heteroatoms. The number of nitrogens with one attached hydrogen (secondary N) is 1. The van der Waals surface area contributed by atoms with Crippen molar-refractivity contribution in [1.29, 1.82) is 0 Å². The summed E-state index contributed by atoms with van der Waals surface area (Å²) in [5.41, 5.74) is 1.52. The topological polar surface area (TPSA) is 86.2 Å². The number of hydrogen-bond donors (Lipinski definition) is 1. The van der Waals surface area contributed by atoms with E-state index in [2.05, 4.69) is 26.5 Å². The molecule has 0 aliphatic rings. The Morgan fingerprint density at radius 1 is 1.19 bits per heavy atom. The fourth-order valence-corrected chi connectivity index (χ4v) is 2.75. The van der Waals surface area contributed by atoms with Gasteiger partial charge in [-0.25, -0.2) is 10.2 Å². The maximum atomic E-state index is 12.8. The largest absolute Gasteiger partial charge is 0.493 e. The summed E-state index contributed by atoms with van der Waals surface area (Å²) in [7, 11) is 1.40. The van der Waals surface area contributed by atoms with Gasteiger partial charge in [0.2, 0.25) is 0 Å². The third-order valence-corrected chi connectivity index (χ3v) is 4.44. The number of benzene rings is 2. The van der Waals surface area contributed by atoms with Crippen molar-refractivity contribution < 1.29 is 37.0 Å². The average Bonchev–Trinajstić information content (AvgIpc) is 2.73. The normalized spacial score (nSPS) is 11.3. The summed E-state index contributed by atoms with van der Waals surface area (Å²) in [5, 5.41) is 3.77. The zero-order valence-electron chi connectivity index (χ0n) is 16.5. The lowest BCUT2D eigenvalue weighted by atomic mass is 10.1. The summed E-state index contributed by atoms with van der Waals surface area (Å²) < 4.78 is 54.2. The SMILES string of the molecule is CCOC(=O)COc1cc(Br)c(/C=N\NC(=O)c2cccc(C(F)(F)F)c2)cc1OC. The molecule has 0 aliphatic heterocycles. The molecule has 166 valence electrons. The molecule has 0 atom stereocenters. The number of alkyl halides is 3. The van der Waals surface area contributed by atoms with Crippen molar-refractivity contribution in [3.63, 3.8) is 0 Å². The molecule has 0 unspecified atom stereocenters. The molecule has 2 rings (SSSR count). The molecule has 2 aromatic carbocycles. The van der Waals surface area contributed by atoms with Gasteiger partial charge in [-0.2, -0.15) is 18.3 Å². The van der Waals surface area contributed by atoms with Crippen LogP contribution < -0.4 is 14.9 Å². The van der Waals surface area contributed by atoms with Gasteiger partial charge in [-0.15, -0.1) is 0 Å². The molecule has 0 radical (unpaired) electrons. The van der Waals surface area contributed by atoms with E-state index in [9.17, 15) is 22.8 Å². The number of hydrazone groups is 1. The molecule has 2 aromatic rings. The zero-order valence-corrected chi connectivity index (χ0v) is 18.0. The summed E-state index contributed by atoms with van der Waals surface area (Å²) in [6, 6.07) is 7.06. The van der Waals surface area contributed by atoms with Crippen molar-refractivity contribution in [2.45, 2.75) is 13.1 Å². The standard InChI is InChI=1S/C20H18BrF3N2O5/c1-3-30-18(27)11-31-17-9-15(21)13(8-16(17)29-2)10-25-26-19(28)12-5-4-6-14(7-12)20(22,23)24/h4-10H,3,11H2,1-2H3,(H,26,28)/b25-10-. The van der Waals surface area contributed by atoms with E-state index in [0.29, 0.717) is 10.0 Å². The van der Waals surface area contributed by atoms with Crippen molar-refractivity contribution in [2.24, 2.45) is 5.10 Å². The Morgan fingerprint density at radius 3 is 2.58 bits per heavy atom. The second kappa shape index (κ2) is 10.8. The Kier molecular flexibility index (Phi) is 8.43. The van der Waals surface area contributed by atoms with Crippen LogP contribution in [0, 0.1) is 0 Å². The summed E-state index contributed by atoms with van der Waals surface area (Å²) in [5.74, 6) is -0.783. The number of rotatable bonds is 8. The summed E-state index contributed by atoms with van der Waals surface area (Å²) in [6.45, 7) is 1.59. The number of amides is 1. The predicted molar refractivity (Wildman–Crippen MR) is 109 cm³/mol. The van der Waals surface area contributed by atoms with E-state index in [0.717, 1.165) is 18.2 Å². The summed E-state index contributed by atoms with van der Waals surface area (Å²) in [6.07, 6.45) is -3.29. The highest BCUT2D eigenvalue weighted by Crippen LogP contribution is 2.33. The molecule has 0 saturated carbocycles. The number of ether oxygens (including phenoxy) is 3. The van der Waals surface area contributed by atoms with Gasteiger partial charge < -0.3 is 14.2 Å². The molecule has 0 heterocycles. The van der Waals surface area contributed by atoms with Crippen molar-refractivity contribution in [3.8, 4) is 11.5 Å². The molecule has 31 heavy (non-hydrogen) atoms. The lowest BCUT2D eigenvalue weighted by Gasteiger charge is -2.12. The van der Waals surface area contributed by atoms with Gasteiger partial charge >= 0.3 is 12.1 Å². The van der Waals surface area contributed by atoms with Gasteiger partial charge in [0.25, 0.3) is 5.91 Å². The van der Waals surface area contributed by atoms with Crippen LogP contribution in [0.3, 0.4) is 0 Å². The number of nitrogens with zero attached hydrogens (tertiary/aromatic N) is 1. The Bertz CT molecular complexity index is 980. The van der Waals surface area contributed by atoms with Gasteiger partial charge in [0.1, 0.15) is 0 Å². The van der Waals surface area contributed by atoms with Crippen LogP contribution >= 0.6 is 15.9 Å². The Morgan fingerprint density at radius 2 is 1.94 bits per heavy atom. The van der Waals surface area contributed by atoms with Gasteiger partial charge in [0.05, 0.1) is 25.5 Å². The van der Waals surface area contributed by atoms with Crippen LogP contribution in [0.1, 0.15) is 28.4 Å². The van der Waals surface area contributed by atoms with Gasteiger partial charge in [-0.05, 0) is 53.2 Å². The van der Waals surface area contributed by atoms with E-state index in [-0.39, 0.29) is 30.3 Å². The van der Waals surface area contributed by atoms with Crippen molar-refractivity contribution in [3.05, 3.63) is 57.6 Å². The smallest absolute Gasteiger partial charge is 0.416 e. The molecule has 7 nitrogen and oxygen atoms in total. The highest BCUT2D eigenvalue weighted by atomic mass is 79.9. The molecular formula is C20H18BrF3N2O5. The molecule has 0 saturated heterocycles. The summed E-state index contributed by atoms with van der Waals surface area (Å²) >= 11 is 3.31. The zero-order chi connectivity index (χ0) is 23.0. The molecule has 0 fully saturated rings. The molecule has 0 bridgehead atoms. The Labute approximate surface area is 184 Å². The first-order valence-corrected chi connectivity index (χ1v) is 9.61. The van der Waals surface area contributed by atoms with E-state index >= 15 is 0 Å². The van der Waals surface area contributed by atoms with Crippen LogP contribution in [0.2, 0.25) is 0 Å². The van der Waals surface area contributed by atoms with Crippen LogP contribution in [0.5, 0.6) is 11.5 Å². The number of esters is 1.